The van der Waals surface area contributed by atoms with Crippen LogP contribution in [0.25, 0.3) is 0 Å². The number of nitrogens with one attached hydrogen (secondary N) is 2. The Labute approximate surface area is 118 Å². The minimum atomic E-state index is -0.339. The van der Waals surface area contributed by atoms with Crippen molar-refractivity contribution in [1.29, 1.82) is 0 Å². The second-order valence-electron chi connectivity index (χ2n) is 2.96. The van der Waals surface area contributed by atoms with E-state index in [0.29, 0.717) is 6.54 Å². The third kappa shape index (κ3) is 6.62. The van der Waals surface area contributed by atoms with Crippen molar-refractivity contribution in [3.63, 3.8) is 0 Å². The summed E-state index contributed by atoms with van der Waals surface area (Å²) < 4.78 is 1.02. The zero-order chi connectivity index (χ0) is 12.0. The van der Waals surface area contributed by atoms with Gasteiger partial charge in [0.05, 0.1) is 23.4 Å². The van der Waals surface area contributed by atoms with Gasteiger partial charge in [-0.2, -0.15) is 0 Å². The van der Waals surface area contributed by atoms with Crippen LogP contribution in [0.3, 0.4) is 0 Å². The molecule has 1 heterocycles. The molecule has 8 heteroatoms. The third-order valence-electron chi connectivity index (χ3n) is 1.72. The average Bonchev–Trinajstić information content (AvgIpc) is 2.69. The first-order chi connectivity index (χ1) is 7.61. The van der Waals surface area contributed by atoms with Crippen LogP contribution in [0.4, 0.5) is 0 Å². The molecule has 0 aliphatic rings. The maximum Gasteiger partial charge on any atom is 0.239 e. The molecule has 5 nitrogen and oxygen atoms in total. The Hall–Kier alpha value is -0.630. The van der Waals surface area contributed by atoms with Crippen LogP contribution in [0.2, 0.25) is 0 Å². The summed E-state index contributed by atoms with van der Waals surface area (Å²) in [7, 11) is 0. The van der Waals surface area contributed by atoms with Crippen molar-refractivity contribution in [3.05, 3.63) is 20.8 Å². The van der Waals surface area contributed by atoms with Crippen LogP contribution in [-0.4, -0.2) is 24.9 Å². The first-order valence-corrected chi connectivity index (χ1v) is 6.20. The van der Waals surface area contributed by atoms with Crippen LogP contribution in [0.1, 0.15) is 4.88 Å². The van der Waals surface area contributed by atoms with Gasteiger partial charge in [-0.25, -0.2) is 0 Å². The van der Waals surface area contributed by atoms with Gasteiger partial charge in [0.15, 0.2) is 0 Å². The first kappa shape index (κ1) is 16.4. The lowest BCUT2D eigenvalue weighted by Gasteiger charge is -2.04. The number of halogens is 2. The lowest BCUT2D eigenvalue weighted by molar-refractivity contribution is -0.125. The van der Waals surface area contributed by atoms with Crippen molar-refractivity contribution in [3.8, 4) is 0 Å². The minimum Gasteiger partial charge on any atom is -0.350 e. The molecule has 0 aliphatic carbocycles. The molecule has 1 aromatic heterocycles. The summed E-state index contributed by atoms with van der Waals surface area (Å²) in [5.41, 5.74) is 5.08. The van der Waals surface area contributed by atoms with Crippen molar-refractivity contribution in [2.24, 2.45) is 5.73 Å². The van der Waals surface area contributed by atoms with Crippen molar-refractivity contribution >= 4 is 51.5 Å². The number of amides is 2. The number of rotatable bonds is 5. The van der Waals surface area contributed by atoms with Gasteiger partial charge in [0.1, 0.15) is 0 Å². The predicted octanol–water partition coefficient (Wildman–Crippen LogP) is 0.624. The van der Waals surface area contributed by atoms with Gasteiger partial charge in [-0.05, 0) is 28.1 Å². The van der Waals surface area contributed by atoms with Gasteiger partial charge < -0.3 is 16.4 Å². The van der Waals surface area contributed by atoms with Gasteiger partial charge in [-0.15, -0.1) is 23.7 Å². The molecule has 0 aliphatic heterocycles. The number of nitrogens with two attached hydrogens (primary N) is 1. The molecule has 0 bridgehead atoms. The SMILES string of the molecule is Cl.NCC(=O)NCC(=O)NCc1ccc(Br)s1. The Morgan fingerprint density at radius 2 is 2.00 bits per heavy atom. The van der Waals surface area contributed by atoms with E-state index >= 15 is 0 Å². The maximum absolute atomic E-state index is 11.3. The molecule has 0 fully saturated rings. The second-order valence-corrected chi connectivity index (χ2v) is 5.51. The van der Waals surface area contributed by atoms with Gasteiger partial charge in [0.25, 0.3) is 0 Å². The van der Waals surface area contributed by atoms with E-state index in [4.69, 9.17) is 5.73 Å². The van der Waals surface area contributed by atoms with Gasteiger partial charge in [0.2, 0.25) is 11.8 Å². The first-order valence-electron chi connectivity index (χ1n) is 4.59. The normalized spacial score (nSPS) is 9.29. The highest BCUT2D eigenvalue weighted by Crippen LogP contribution is 2.21. The largest absolute Gasteiger partial charge is 0.350 e. The van der Waals surface area contributed by atoms with Crippen LogP contribution < -0.4 is 16.4 Å². The van der Waals surface area contributed by atoms with Gasteiger partial charge in [-0.1, -0.05) is 0 Å². The van der Waals surface area contributed by atoms with E-state index in [1.165, 1.54) is 0 Å². The molecule has 0 unspecified atom stereocenters. The molecule has 17 heavy (non-hydrogen) atoms. The van der Waals surface area contributed by atoms with E-state index in [-0.39, 0.29) is 37.3 Å². The summed E-state index contributed by atoms with van der Waals surface area (Å²) in [5, 5.41) is 5.08. The molecule has 0 saturated heterocycles. The third-order valence-corrected chi connectivity index (χ3v) is 3.34. The zero-order valence-corrected chi connectivity index (χ0v) is 12.1. The van der Waals surface area contributed by atoms with E-state index in [9.17, 15) is 9.59 Å². The van der Waals surface area contributed by atoms with E-state index in [1.807, 2.05) is 12.1 Å². The lowest BCUT2D eigenvalue weighted by Crippen LogP contribution is -2.39. The Morgan fingerprint density at radius 1 is 1.29 bits per heavy atom. The molecule has 4 N–H and O–H groups in total. The van der Waals surface area contributed by atoms with E-state index in [2.05, 4.69) is 26.6 Å². The maximum atomic E-state index is 11.3. The Kier molecular flexibility index (Phi) is 8.15. The molecule has 0 aromatic carbocycles. The number of carbonyl (C=O) groups excluding carboxylic acids is 2. The minimum absolute atomic E-state index is 0. The topological polar surface area (TPSA) is 84.2 Å². The number of carbonyl (C=O) groups is 2. The highest BCUT2D eigenvalue weighted by atomic mass is 79.9. The van der Waals surface area contributed by atoms with Crippen molar-refractivity contribution < 1.29 is 9.59 Å². The fraction of sp³-hybridized carbons (Fsp3) is 0.333. The zero-order valence-electron chi connectivity index (χ0n) is 8.86. The fourth-order valence-corrected chi connectivity index (χ4v) is 2.37. The highest BCUT2D eigenvalue weighted by Gasteiger charge is 2.04. The second kappa shape index (κ2) is 8.46. The monoisotopic (exact) mass is 341 g/mol. The Balaban J connectivity index is 0.00000256. The molecule has 0 saturated carbocycles. The quantitative estimate of drug-likeness (QED) is 0.733. The lowest BCUT2D eigenvalue weighted by atomic mass is 10.4. The Bertz CT molecular complexity index is 386. The fourth-order valence-electron chi connectivity index (χ4n) is 0.946. The molecular weight excluding hydrogens is 330 g/mol. The summed E-state index contributed by atoms with van der Waals surface area (Å²) >= 11 is 4.89. The van der Waals surface area contributed by atoms with Gasteiger partial charge in [0, 0.05) is 4.88 Å². The molecule has 0 atom stereocenters. The van der Waals surface area contributed by atoms with Gasteiger partial charge >= 0.3 is 0 Å². The van der Waals surface area contributed by atoms with E-state index in [0.717, 1.165) is 8.66 Å². The van der Waals surface area contributed by atoms with Crippen LogP contribution in [0.5, 0.6) is 0 Å². The standard InChI is InChI=1S/C9H12BrN3O2S.ClH/c10-7-2-1-6(16-7)4-12-9(15)5-13-8(14)3-11;/h1-2H,3-5,11H2,(H,12,15)(H,13,14);1H. The summed E-state index contributed by atoms with van der Waals surface area (Å²) in [6.07, 6.45) is 0. The summed E-state index contributed by atoms with van der Waals surface area (Å²) in [6, 6.07) is 3.84. The number of thiophene rings is 1. The van der Waals surface area contributed by atoms with E-state index < -0.39 is 0 Å². The summed E-state index contributed by atoms with van der Waals surface area (Å²) in [4.78, 5) is 23.1. The summed E-state index contributed by atoms with van der Waals surface area (Å²) in [5.74, 6) is -0.569. The van der Waals surface area contributed by atoms with Crippen LogP contribution >= 0.6 is 39.7 Å². The summed E-state index contributed by atoms with van der Waals surface area (Å²) in [6.45, 7) is 0.321. The molecule has 1 aromatic rings. The number of hydrogen-bond donors (Lipinski definition) is 3. The molecule has 0 radical (unpaired) electrons. The smallest absolute Gasteiger partial charge is 0.239 e. The van der Waals surface area contributed by atoms with Gasteiger partial charge in [-0.3, -0.25) is 9.59 Å². The highest BCUT2D eigenvalue weighted by molar-refractivity contribution is 9.11. The number of hydrogen-bond acceptors (Lipinski definition) is 4. The Morgan fingerprint density at radius 3 is 2.53 bits per heavy atom. The molecule has 1 rings (SSSR count). The van der Waals surface area contributed by atoms with E-state index in [1.54, 1.807) is 11.3 Å². The van der Waals surface area contributed by atoms with Crippen molar-refractivity contribution in [1.82, 2.24) is 10.6 Å². The van der Waals surface area contributed by atoms with Crippen molar-refractivity contribution in [2.45, 2.75) is 6.54 Å². The average molecular weight is 343 g/mol. The van der Waals surface area contributed by atoms with Crippen LogP contribution in [-0.2, 0) is 16.1 Å². The van der Waals surface area contributed by atoms with Crippen molar-refractivity contribution in [2.75, 3.05) is 13.1 Å². The molecular formula is C9H13BrClN3O2S. The van der Waals surface area contributed by atoms with Crippen LogP contribution in [0, 0.1) is 0 Å². The predicted molar refractivity (Wildman–Crippen MR) is 73.2 cm³/mol. The molecule has 0 spiro atoms. The molecule has 96 valence electrons. The van der Waals surface area contributed by atoms with Crippen LogP contribution in [0.15, 0.2) is 15.9 Å². The molecule has 2 amide bonds.